The molecule has 30 heavy (non-hydrogen) atoms. The van der Waals surface area contributed by atoms with Crippen LogP contribution in [0.3, 0.4) is 0 Å². The van der Waals surface area contributed by atoms with Gasteiger partial charge in [0.25, 0.3) is 0 Å². The van der Waals surface area contributed by atoms with Gasteiger partial charge >= 0.3 is 12.3 Å². The normalized spacial score (nSPS) is 18.1. The zero-order valence-corrected chi connectivity index (χ0v) is 17.4. The van der Waals surface area contributed by atoms with Crippen molar-refractivity contribution in [3.63, 3.8) is 0 Å². The molecule has 8 heteroatoms. The lowest BCUT2D eigenvalue weighted by Crippen LogP contribution is -2.38. The molecule has 1 aromatic rings. The number of rotatable bonds is 8. The average molecular weight is 428 g/mol. The summed E-state index contributed by atoms with van der Waals surface area (Å²) in [5.41, 5.74) is 1.73. The average Bonchev–Trinajstić information content (AvgIpc) is 2.62. The molecular formula is C22H27F3O5. The number of carbonyl (C=O) groups is 1. The van der Waals surface area contributed by atoms with Crippen molar-refractivity contribution in [2.24, 2.45) is 0 Å². The molecule has 0 aromatic heterocycles. The van der Waals surface area contributed by atoms with Crippen LogP contribution in [0, 0.1) is 13.8 Å². The van der Waals surface area contributed by atoms with E-state index < -0.39 is 30.1 Å². The van der Waals surface area contributed by atoms with Crippen LogP contribution in [0.25, 0.3) is 0 Å². The van der Waals surface area contributed by atoms with Crippen LogP contribution in [-0.4, -0.2) is 40.4 Å². The third-order valence-electron chi connectivity index (χ3n) is 4.86. The lowest BCUT2D eigenvalue weighted by molar-refractivity contribution is -0.336. The number of aliphatic hydroxyl groups excluding tert-OH is 1. The van der Waals surface area contributed by atoms with E-state index in [1.807, 2.05) is 26.0 Å². The van der Waals surface area contributed by atoms with E-state index in [0.717, 1.165) is 16.7 Å². The fourth-order valence-electron chi connectivity index (χ4n) is 3.24. The molecule has 1 aliphatic rings. The second-order valence-electron chi connectivity index (χ2n) is 7.93. The van der Waals surface area contributed by atoms with Crippen molar-refractivity contribution in [1.29, 1.82) is 0 Å². The highest BCUT2D eigenvalue weighted by atomic mass is 19.4. The Kier molecular flexibility index (Phi) is 7.36. The Hall–Kier alpha value is -2.32. The monoisotopic (exact) mass is 428 g/mol. The van der Waals surface area contributed by atoms with Crippen molar-refractivity contribution in [2.45, 2.75) is 71.1 Å². The standard InChI is InChI=1S/C22H27F3O5/c1-13-11-15(12-14(2)19(13)30-21(3,4)20(27)28)5-10-18(26)16-6-8-17(9-7-16)29-22(23,24)25/h6-8,11-12,17-18,26H,5,9-10H2,1-4H3,(H,27,28). The summed E-state index contributed by atoms with van der Waals surface area (Å²) in [5, 5.41) is 19.6. The van der Waals surface area contributed by atoms with Crippen LogP contribution in [0.1, 0.15) is 43.4 Å². The molecule has 0 saturated carbocycles. The van der Waals surface area contributed by atoms with Crippen LogP contribution < -0.4 is 4.74 Å². The molecule has 166 valence electrons. The van der Waals surface area contributed by atoms with Gasteiger partial charge in [0.1, 0.15) is 5.75 Å². The van der Waals surface area contributed by atoms with Gasteiger partial charge in [0.15, 0.2) is 5.60 Å². The Morgan fingerprint density at radius 1 is 1.23 bits per heavy atom. The molecule has 0 radical (unpaired) electrons. The van der Waals surface area contributed by atoms with Gasteiger partial charge in [-0.3, -0.25) is 4.74 Å². The summed E-state index contributed by atoms with van der Waals surface area (Å²) in [6.45, 7) is 6.61. The van der Waals surface area contributed by atoms with Gasteiger partial charge in [-0.05, 0) is 69.2 Å². The molecule has 0 bridgehead atoms. The number of hydrogen-bond donors (Lipinski definition) is 2. The van der Waals surface area contributed by atoms with Crippen molar-refractivity contribution in [3.05, 3.63) is 52.6 Å². The number of alkyl halides is 3. The molecule has 0 spiro atoms. The van der Waals surface area contributed by atoms with Crippen molar-refractivity contribution in [2.75, 3.05) is 0 Å². The second-order valence-corrected chi connectivity index (χ2v) is 7.93. The Bertz CT molecular complexity index is 817. The van der Waals surface area contributed by atoms with E-state index in [0.29, 0.717) is 24.2 Å². The molecule has 0 saturated heterocycles. The quantitative estimate of drug-likeness (QED) is 0.631. The van der Waals surface area contributed by atoms with E-state index in [1.165, 1.54) is 26.0 Å². The zero-order chi connectivity index (χ0) is 22.7. The summed E-state index contributed by atoms with van der Waals surface area (Å²) >= 11 is 0. The molecule has 0 amide bonds. The van der Waals surface area contributed by atoms with Crippen LogP contribution >= 0.6 is 0 Å². The first kappa shape index (κ1) is 24.0. The zero-order valence-electron chi connectivity index (χ0n) is 17.4. The molecule has 1 aliphatic carbocycles. The number of ether oxygens (including phenoxy) is 2. The minimum Gasteiger partial charge on any atom is -0.478 e. The molecule has 2 rings (SSSR count). The Morgan fingerprint density at radius 3 is 2.30 bits per heavy atom. The topological polar surface area (TPSA) is 76.0 Å². The first-order valence-electron chi connectivity index (χ1n) is 9.62. The van der Waals surface area contributed by atoms with Crippen LogP contribution in [0.2, 0.25) is 0 Å². The van der Waals surface area contributed by atoms with Gasteiger partial charge < -0.3 is 14.9 Å². The maximum atomic E-state index is 12.3. The van der Waals surface area contributed by atoms with Gasteiger partial charge in [0, 0.05) is 0 Å². The van der Waals surface area contributed by atoms with Gasteiger partial charge in [0.2, 0.25) is 0 Å². The van der Waals surface area contributed by atoms with Crippen LogP contribution in [0.15, 0.2) is 35.9 Å². The minimum atomic E-state index is -4.69. The molecule has 2 N–H and O–H groups in total. The smallest absolute Gasteiger partial charge is 0.478 e. The predicted molar refractivity (Wildman–Crippen MR) is 105 cm³/mol. The number of aliphatic hydroxyl groups is 1. The summed E-state index contributed by atoms with van der Waals surface area (Å²) < 4.78 is 46.4. The lowest BCUT2D eigenvalue weighted by atomic mass is 9.95. The van der Waals surface area contributed by atoms with Crippen LogP contribution in [0.4, 0.5) is 13.2 Å². The molecular weight excluding hydrogens is 401 g/mol. The second kappa shape index (κ2) is 9.22. The first-order valence-corrected chi connectivity index (χ1v) is 9.62. The predicted octanol–water partition coefficient (Wildman–Crippen LogP) is 4.63. The third kappa shape index (κ3) is 6.60. The number of halogens is 3. The lowest BCUT2D eigenvalue weighted by Gasteiger charge is -2.25. The fourth-order valence-corrected chi connectivity index (χ4v) is 3.24. The van der Waals surface area contributed by atoms with E-state index in [1.54, 1.807) is 6.08 Å². The minimum absolute atomic E-state index is 0.0476. The molecule has 5 nitrogen and oxygen atoms in total. The maximum absolute atomic E-state index is 12.3. The van der Waals surface area contributed by atoms with E-state index in [4.69, 9.17) is 4.74 Å². The van der Waals surface area contributed by atoms with Gasteiger partial charge in [-0.15, -0.1) is 13.2 Å². The van der Waals surface area contributed by atoms with Crippen molar-refractivity contribution < 1.29 is 37.7 Å². The van der Waals surface area contributed by atoms with Crippen molar-refractivity contribution in [1.82, 2.24) is 0 Å². The van der Waals surface area contributed by atoms with Gasteiger partial charge in [0.05, 0.1) is 12.2 Å². The highest BCUT2D eigenvalue weighted by molar-refractivity contribution is 5.77. The summed E-state index contributed by atoms with van der Waals surface area (Å²) in [4.78, 5) is 11.3. The van der Waals surface area contributed by atoms with E-state index in [9.17, 15) is 28.2 Å². The number of carboxylic acid groups (broad SMARTS) is 1. The summed E-state index contributed by atoms with van der Waals surface area (Å²) in [5.74, 6) is -0.550. The highest BCUT2D eigenvalue weighted by Crippen LogP contribution is 2.30. The third-order valence-corrected chi connectivity index (χ3v) is 4.86. The molecule has 0 aliphatic heterocycles. The van der Waals surface area contributed by atoms with Crippen LogP contribution in [0.5, 0.6) is 5.75 Å². The largest absolute Gasteiger partial charge is 0.523 e. The number of aryl methyl sites for hydroxylation is 3. The molecule has 0 heterocycles. The SMILES string of the molecule is Cc1cc(CCC(O)C2=CCC(OC(F)(F)F)C=C2)cc(C)c1OC(C)(C)C(=O)O. The Labute approximate surface area is 173 Å². The Balaban J connectivity index is 1.98. The first-order chi connectivity index (χ1) is 13.8. The molecule has 1 aromatic carbocycles. The summed E-state index contributed by atoms with van der Waals surface area (Å²) in [6.07, 6.45) is -1.27. The van der Waals surface area contributed by atoms with Gasteiger partial charge in [-0.2, -0.15) is 0 Å². The van der Waals surface area contributed by atoms with E-state index in [2.05, 4.69) is 4.74 Å². The maximum Gasteiger partial charge on any atom is 0.523 e. The van der Waals surface area contributed by atoms with Crippen LogP contribution in [-0.2, 0) is 16.0 Å². The van der Waals surface area contributed by atoms with E-state index in [-0.39, 0.29) is 6.42 Å². The fraction of sp³-hybridized carbons (Fsp3) is 0.500. The van der Waals surface area contributed by atoms with Gasteiger partial charge in [-0.1, -0.05) is 30.4 Å². The van der Waals surface area contributed by atoms with Crippen molar-refractivity contribution >= 4 is 5.97 Å². The Morgan fingerprint density at radius 2 is 1.83 bits per heavy atom. The van der Waals surface area contributed by atoms with E-state index >= 15 is 0 Å². The molecule has 0 fully saturated rings. The number of carboxylic acids is 1. The van der Waals surface area contributed by atoms with Gasteiger partial charge in [-0.25, -0.2) is 4.79 Å². The number of hydrogen-bond acceptors (Lipinski definition) is 4. The summed E-state index contributed by atoms with van der Waals surface area (Å²) in [6, 6.07) is 3.76. The molecule has 2 atom stereocenters. The van der Waals surface area contributed by atoms with Crippen molar-refractivity contribution in [3.8, 4) is 5.75 Å². The summed E-state index contributed by atoms with van der Waals surface area (Å²) in [7, 11) is 0. The number of benzene rings is 1. The number of aliphatic carboxylic acids is 1. The molecule has 2 unspecified atom stereocenters. The highest BCUT2D eigenvalue weighted by Gasteiger charge is 2.33.